The first-order valence-corrected chi connectivity index (χ1v) is 4.88. The van der Waals surface area contributed by atoms with Crippen LogP contribution in [0.2, 0.25) is 0 Å². The van der Waals surface area contributed by atoms with E-state index in [4.69, 9.17) is 5.26 Å². The Balaban J connectivity index is 2.29. The molecule has 0 radical (unpaired) electrons. The predicted octanol–water partition coefficient (Wildman–Crippen LogP) is 0.871. The van der Waals surface area contributed by atoms with Crippen molar-refractivity contribution in [1.82, 2.24) is 10.2 Å². The maximum absolute atomic E-state index is 9.78. The van der Waals surface area contributed by atoms with Gasteiger partial charge >= 0.3 is 0 Å². The fourth-order valence-corrected chi connectivity index (χ4v) is 1.57. The molecule has 5 nitrogen and oxygen atoms in total. The average molecular weight is 217 g/mol. The van der Waals surface area contributed by atoms with Crippen molar-refractivity contribution >= 4 is 10.9 Å². The van der Waals surface area contributed by atoms with Crippen molar-refractivity contribution in [3.63, 3.8) is 0 Å². The third-order valence-corrected chi connectivity index (χ3v) is 2.47. The molecular weight excluding hydrogens is 206 g/mol. The van der Waals surface area contributed by atoms with Crippen molar-refractivity contribution in [2.24, 2.45) is 0 Å². The summed E-state index contributed by atoms with van der Waals surface area (Å²) >= 11 is 0. The molecule has 2 atom stereocenters. The van der Waals surface area contributed by atoms with Crippen LogP contribution in [-0.4, -0.2) is 26.5 Å². The van der Waals surface area contributed by atoms with E-state index in [0.717, 1.165) is 10.9 Å². The summed E-state index contributed by atoms with van der Waals surface area (Å²) in [5.74, 6) is 0. The molecule has 1 aromatic heterocycles. The normalized spacial score (nSPS) is 14.6. The number of aromatic nitrogens is 2. The van der Waals surface area contributed by atoms with Crippen LogP contribution in [0.3, 0.4) is 0 Å². The molecule has 16 heavy (non-hydrogen) atoms. The highest BCUT2D eigenvalue weighted by molar-refractivity contribution is 5.78. The van der Waals surface area contributed by atoms with Gasteiger partial charge in [-0.3, -0.25) is 5.10 Å². The van der Waals surface area contributed by atoms with Crippen LogP contribution < -0.4 is 0 Å². The smallest absolute Gasteiger partial charge is 0.106 e. The Labute approximate surface area is 92.0 Å². The van der Waals surface area contributed by atoms with E-state index in [0.29, 0.717) is 5.56 Å². The first-order valence-electron chi connectivity index (χ1n) is 4.88. The van der Waals surface area contributed by atoms with E-state index >= 15 is 0 Å². The number of hydrogen-bond acceptors (Lipinski definition) is 4. The molecule has 0 bridgehead atoms. The quantitative estimate of drug-likeness (QED) is 0.711. The molecule has 0 aliphatic rings. The Morgan fingerprint density at radius 3 is 3.00 bits per heavy atom. The standard InChI is InChI=1S/C11H11N3O2/c12-4-3-10(15)11(16)7-1-2-8-6-13-14-9(8)5-7/h1-2,5-6,10-11,15-16H,3H2,(H,13,14). The molecule has 0 aliphatic carbocycles. The van der Waals surface area contributed by atoms with Gasteiger partial charge in [0.1, 0.15) is 6.10 Å². The number of fused-ring (bicyclic) bond motifs is 1. The lowest BCUT2D eigenvalue weighted by Gasteiger charge is -2.15. The van der Waals surface area contributed by atoms with Crippen molar-refractivity contribution in [3.05, 3.63) is 30.0 Å². The van der Waals surface area contributed by atoms with Gasteiger partial charge in [0.05, 0.1) is 30.3 Å². The van der Waals surface area contributed by atoms with Crippen LogP contribution in [0.1, 0.15) is 18.1 Å². The van der Waals surface area contributed by atoms with Crippen molar-refractivity contribution in [2.75, 3.05) is 0 Å². The van der Waals surface area contributed by atoms with Crippen molar-refractivity contribution in [2.45, 2.75) is 18.6 Å². The summed E-state index contributed by atoms with van der Waals surface area (Å²) in [6, 6.07) is 7.05. The number of aromatic amines is 1. The molecule has 0 saturated carbocycles. The molecule has 0 aliphatic heterocycles. The predicted molar refractivity (Wildman–Crippen MR) is 57.3 cm³/mol. The number of aliphatic hydroxyl groups is 2. The van der Waals surface area contributed by atoms with E-state index in [1.54, 1.807) is 24.4 Å². The first-order chi connectivity index (χ1) is 7.72. The van der Waals surface area contributed by atoms with Crippen LogP contribution in [0.15, 0.2) is 24.4 Å². The van der Waals surface area contributed by atoms with Gasteiger partial charge in [-0.05, 0) is 11.6 Å². The number of nitriles is 1. The van der Waals surface area contributed by atoms with Crippen LogP contribution in [-0.2, 0) is 0 Å². The summed E-state index contributed by atoms with van der Waals surface area (Å²) < 4.78 is 0. The Morgan fingerprint density at radius 1 is 1.44 bits per heavy atom. The highest BCUT2D eigenvalue weighted by Gasteiger charge is 2.18. The molecule has 0 amide bonds. The number of nitrogens with one attached hydrogen (secondary N) is 1. The van der Waals surface area contributed by atoms with E-state index < -0.39 is 12.2 Å². The van der Waals surface area contributed by atoms with Gasteiger partial charge in [0.2, 0.25) is 0 Å². The fraction of sp³-hybridized carbons (Fsp3) is 0.273. The van der Waals surface area contributed by atoms with E-state index in [1.807, 2.05) is 6.07 Å². The second-order valence-electron chi connectivity index (χ2n) is 3.59. The number of hydrogen-bond donors (Lipinski definition) is 3. The van der Waals surface area contributed by atoms with Crippen LogP contribution in [0, 0.1) is 11.3 Å². The van der Waals surface area contributed by atoms with Gasteiger partial charge in [0, 0.05) is 5.39 Å². The SMILES string of the molecule is N#CCC(O)C(O)c1ccc2cn[nH]c2c1. The Hall–Kier alpha value is -1.90. The van der Waals surface area contributed by atoms with E-state index in [2.05, 4.69) is 10.2 Å². The summed E-state index contributed by atoms with van der Waals surface area (Å²) in [6.07, 6.45) is -0.531. The zero-order chi connectivity index (χ0) is 11.5. The molecule has 0 fully saturated rings. The maximum Gasteiger partial charge on any atom is 0.106 e. The molecule has 3 N–H and O–H groups in total. The topological polar surface area (TPSA) is 92.9 Å². The van der Waals surface area contributed by atoms with Gasteiger partial charge in [0.25, 0.3) is 0 Å². The van der Waals surface area contributed by atoms with Crippen LogP contribution in [0.25, 0.3) is 10.9 Å². The average Bonchev–Trinajstić information content (AvgIpc) is 2.75. The zero-order valence-electron chi connectivity index (χ0n) is 8.46. The van der Waals surface area contributed by atoms with Gasteiger partial charge in [0.15, 0.2) is 0 Å². The minimum atomic E-state index is -1.06. The van der Waals surface area contributed by atoms with Gasteiger partial charge in [-0.25, -0.2) is 0 Å². The lowest BCUT2D eigenvalue weighted by atomic mass is 10.0. The summed E-state index contributed by atoms with van der Waals surface area (Å²) in [7, 11) is 0. The highest BCUT2D eigenvalue weighted by atomic mass is 16.3. The van der Waals surface area contributed by atoms with Crippen LogP contribution >= 0.6 is 0 Å². The van der Waals surface area contributed by atoms with Gasteiger partial charge in [-0.15, -0.1) is 0 Å². The Kier molecular flexibility index (Phi) is 2.86. The summed E-state index contributed by atoms with van der Waals surface area (Å²) in [4.78, 5) is 0. The molecule has 2 aromatic rings. The molecule has 2 rings (SSSR count). The highest BCUT2D eigenvalue weighted by Crippen LogP contribution is 2.22. The molecule has 0 spiro atoms. The largest absolute Gasteiger partial charge is 0.389 e. The van der Waals surface area contributed by atoms with E-state index in [1.165, 1.54) is 0 Å². The van der Waals surface area contributed by atoms with Gasteiger partial charge < -0.3 is 10.2 Å². The molecule has 1 aromatic carbocycles. The lowest BCUT2D eigenvalue weighted by Crippen LogP contribution is -2.17. The third kappa shape index (κ3) is 1.89. The minimum Gasteiger partial charge on any atom is -0.389 e. The number of benzene rings is 1. The molecule has 0 saturated heterocycles. The first kappa shape index (κ1) is 10.6. The number of nitrogens with zero attached hydrogens (tertiary/aromatic N) is 2. The summed E-state index contributed by atoms with van der Waals surface area (Å²) in [5, 5.41) is 35.3. The second kappa shape index (κ2) is 4.31. The van der Waals surface area contributed by atoms with E-state index in [-0.39, 0.29) is 6.42 Å². The minimum absolute atomic E-state index is 0.0951. The molecule has 2 unspecified atom stereocenters. The number of aliphatic hydroxyl groups excluding tert-OH is 2. The maximum atomic E-state index is 9.78. The van der Waals surface area contributed by atoms with E-state index in [9.17, 15) is 10.2 Å². The molecular formula is C11H11N3O2. The third-order valence-electron chi connectivity index (χ3n) is 2.47. The molecule has 82 valence electrons. The molecule has 5 heteroatoms. The Bertz CT molecular complexity index is 529. The van der Waals surface area contributed by atoms with Crippen LogP contribution in [0.5, 0.6) is 0 Å². The monoisotopic (exact) mass is 217 g/mol. The van der Waals surface area contributed by atoms with Gasteiger partial charge in [-0.2, -0.15) is 10.4 Å². The van der Waals surface area contributed by atoms with Crippen molar-refractivity contribution in [1.29, 1.82) is 5.26 Å². The summed E-state index contributed by atoms with van der Waals surface area (Å²) in [5.41, 5.74) is 1.36. The summed E-state index contributed by atoms with van der Waals surface area (Å²) in [6.45, 7) is 0. The van der Waals surface area contributed by atoms with Crippen molar-refractivity contribution in [3.8, 4) is 6.07 Å². The van der Waals surface area contributed by atoms with Crippen molar-refractivity contribution < 1.29 is 10.2 Å². The zero-order valence-corrected chi connectivity index (χ0v) is 8.46. The number of H-pyrrole nitrogens is 1. The lowest BCUT2D eigenvalue weighted by molar-refractivity contribution is 0.0217. The number of rotatable bonds is 3. The Morgan fingerprint density at radius 2 is 2.25 bits per heavy atom. The van der Waals surface area contributed by atoms with Crippen LogP contribution in [0.4, 0.5) is 0 Å². The molecule has 1 heterocycles. The van der Waals surface area contributed by atoms with Gasteiger partial charge in [-0.1, -0.05) is 12.1 Å². The fourth-order valence-electron chi connectivity index (χ4n) is 1.57. The second-order valence-corrected chi connectivity index (χ2v) is 3.59.